The largest absolute Gasteiger partial charge is 0.305 e. The van der Waals surface area contributed by atoms with Gasteiger partial charge in [0.1, 0.15) is 0 Å². The number of carbonyl (C=O) groups is 1. The van der Waals surface area contributed by atoms with Crippen molar-refractivity contribution in [1.29, 1.82) is 0 Å². The van der Waals surface area contributed by atoms with Crippen molar-refractivity contribution >= 4 is 39.7 Å². The molecule has 0 radical (unpaired) electrons. The molecule has 0 aliphatic rings. The molecular weight excluding hydrogens is 390 g/mol. The van der Waals surface area contributed by atoms with E-state index in [-0.39, 0.29) is 11.9 Å². The third kappa shape index (κ3) is 4.79. The van der Waals surface area contributed by atoms with E-state index >= 15 is 0 Å². The van der Waals surface area contributed by atoms with Gasteiger partial charge in [0.25, 0.3) is 0 Å². The number of thiazole rings is 1. The molecule has 0 unspecified atom stereocenters. The summed E-state index contributed by atoms with van der Waals surface area (Å²) in [6.07, 6.45) is 0.859. The lowest BCUT2D eigenvalue weighted by Gasteiger charge is -2.21. The number of aryl methyl sites for hydroxylation is 1. The highest BCUT2D eigenvalue weighted by atomic mass is 35.5. The molecule has 1 N–H and O–H groups in total. The lowest BCUT2D eigenvalue weighted by Crippen LogP contribution is -2.24. The van der Waals surface area contributed by atoms with Gasteiger partial charge in [0, 0.05) is 29.9 Å². The van der Waals surface area contributed by atoms with Gasteiger partial charge in [-0.1, -0.05) is 48.9 Å². The minimum absolute atomic E-state index is 0.0377. The quantitative estimate of drug-likeness (QED) is 0.524. The molecule has 3 aromatic rings. The van der Waals surface area contributed by atoms with Crippen LogP contribution in [0.3, 0.4) is 0 Å². The Morgan fingerprint density at radius 3 is 2.61 bits per heavy atom. The SMILES string of the molecule is CCc1ccccc1N(C(C)=O)c1nc(CN[C@H](C)c2ccc(Cl)cc2)cs1. The number of benzene rings is 2. The molecule has 0 saturated carbocycles. The van der Waals surface area contributed by atoms with E-state index in [1.807, 2.05) is 47.8 Å². The van der Waals surface area contributed by atoms with Gasteiger partial charge in [-0.15, -0.1) is 11.3 Å². The van der Waals surface area contributed by atoms with Gasteiger partial charge in [-0.3, -0.25) is 9.69 Å². The highest BCUT2D eigenvalue weighted by Gasteiger charge is 2.20. The fraction of sp³-hybridized carbons (Fsp3) is 0.273. The summed E-state index contributed by atoms with van der Waals surface area (Å²) in [7, 11) is 0. The van der Waals surface area contributed by atoms with Crippen LogP contribution in [-0.4, -0.2) is 10.9 Å². The standard InChI is InChI=1S/C22H24ClN3OS/c1-4-17-7-5-6-8-21(17)26(16(3)27)22-25-20(14-28-22)13-24-15(2)18-9-11-19(23)12-10-18/h5-12,14-15,24H,4,13H2,1-3H3/t15-/m1/s1. The van der Waals surface area contributed by atoms with E-state index in [9.17, 15) is 4.79 Å². The Labute approximate surface area is 175 Å². The molecule has 0 aliphatic carbocycles. The van der Waals surface area contributed by atoms with Crippen LogP contribution in [0.2, 0.25) is 5.02 Å². The Bertz CT molecular complexity index is 939. The normalized spacial score (nSPS) is 12.0. The predicted octanol–water partition coefficient (Wildman–Crippen LogP) is 5.89. The predicted molar refractivity (Wildman–Crippen MR) is 117 cm³/mol. The van der Waals surface area contributed by atoms with Crippen molar-refractivity contribution in [3.63, 3.8) is 0 Å². The first-order chi connectivity index (χ1) is 13.5. The van der Waals surface area contributed by atoms with E-state index in [0.717, 1.165) is 28.4 Å². The zero-order chi connectivity index (χ0) is 20.1. The molecule has 1 amide bonds. The zero-order valence-electron chi connectivity index (χ0n) is 16.3. The molecule has 28 heavy (non-hydrogen) atoms. The lowest BCUT2D eigenvalue weighted by atomic mass is 10.1. The van der Waals surface area contributed by atoms with Crippen LogP contribution in [0.25, 0.3) is 0 Å². The number of anilines is 2. The van der Waals surface area contributed by atoms with Crippen molar-refractivity contribution in [2.45, 2.75) is 39.8 Å². The van der Waals surface area contributed by atoms with Crippen molar-refractivity contribution in [2.24, 2.45) is 0 Å². The summed E-state index contributed by atoms with van der Waals surface area (Å²) >= 11 is 7.44. The summed E-state index contributed by atoms with van der Waals surface area (Å²) in [5, 5.41) is 6.91. The second kappa shape index (κ2) is 9.32. The Hall–Kier alpha value is -2.21. The third-order valence-electron chi connectivity index (χ3n) is 4.62. The monoisotopic (exact) mass is 413 g/mol. The van der Waals surface area contributed by atoms with Crippen LogP contribution < -0.4 is 10.2 Å². The van der Waals surface area contributed by atoms with E-state index in [2.05, 4.69) is 25.2 Å². The highest BCUT2D eigenvalue weighted by Crippen LogP contribution is 2.31. The van der Waals surface area contributed by atoms with Gasteiger partial charge in [-0.25, -0.2) is 4.98 Å². The second-order valence-electron chi connectivity index (χ2n) is 6.61. The molecule has 2 aromatic carbocycles. The maximum Gasteiger partial charge on any atom is 0.230 e. The number of halogens is 1. The minimum Gasteiger partial charge on any atom is -0.305 e. The fourth-order valence-electron chi connectivity index (χ4n) is 3.04. The van der Waals surface area contributed by atoms with E-state index in [4.69, 9.17) is 16.6 Å². The molecular formula is C22H24ClN3OS. The molecule has 0 saturated heterocycles. The first kappa shape index (κ1) is 20.5. The van der Waals surface area contributed by atoms with Crippen molar-refractivity contribution in [3.05, 3.63) is 75.8 Å². The second-order valence-corrected chi connectivity index (χ2v) is 7.89. The molecule has 0 spiro atoms. The molecule has 146 valence electrons. The summed E-state index contributed by atoms with van der Waals surface area (Å²) in [6.45, 7) is 6.40. The van der Waals surface area contributed by atoms with Gasteiger partial charge in [0.2, 0.25) is 5.91 Å². The van der Waals surface area contributed by atoms with Crippen molar-refractivity contribution in [1.82, 2.24) is 10.3 Å². The average molecular weight is 414 g/mol. The van der Waals surface area contributed by atoms with Gasteiger partial charge in [0.05, 0.1) is 11.4 Å². The number of aromatic nitrogens is 1. The van der Waals surface area contributed by atoms with Gasteiger partial charge >= 0.3 is 0 Å². The molecule has 0 fully saturated rings. The van der Waals surface area contributed by atoms with Gasteiger partial charge < -0.3 is 5.32 Å². The number of nitrogens with one attached hydrogen (secondary N) is 1. The van der Waals surface area contributed by atoms with Crippen LogP contribution in [0, 0.1) is 0 Å². The van der Waals surface area contributed by atoms with Crippen LogP contribution in [0.1, 0.15) is 43.6 Å². The topological polar surface area (TPSA) is 45.2 Å². The smallest absolute Gasteiger partial charge is 0.230 e. The molecule has 3 rings (SSSR count). The minimum atomic E-state index is -0.0377. The maximum absolute atomic E-state index is 12.4. The number of para-hydroxylation sites is 1. The average Bonchev–Trinajstić information content (AvgIpc) is 3.15. The van der Waals surface area contributed by atoms with E-state index < -0.39 is 0 Å². The third-order valence-corrected chi connectivity index (χ3v) is 5.75. The summed E-state index contributed by atoms with van der Waals surface area (Å²) in [6, 6.07) is 16.0. The molecule has 4 nitrogen and oxygen atoms in total. The first-order valence-electron chi connectivity index (χ1n) is 9.31. The number of hydrogen-bond acceptors (Lipinski definition) is 4. The molecule has 1 aromatic heterocycles. The van der Waals surface area contributed by atoms with E-state index in [1.54, 1.807) is 11.8 Å². The van der Waals surface area contributed by atoms with Crippen molar-refractivity contribution in [2.75, 3.05) is 4.90 Å². The number of hydrogen-bond donors (Lipinski definition) is 1. The number of nitrogens with zero attached hydrogens (tertiary/aromatic N) is 2. The van der Waals surface area contributed by atoms with Crippen LogP contribution in [-0.2, 0) is 17.8 Å². The summed E-state index contributed by atoms with van der Waals surface area (Å²) in [4.78, 5) is 18.8. The summed E-state index contributed by atoms with van der Waals surface area (Å²) < 4.78 is 0. The van der Waals surface area contributed by atoms with Crippen LogP contribution in [0.15, 0.2) is 53.9 Å². The molecule has 0 aliphatic heterocycles. The molecule has 1 atom stereocenters. The number of rotatable bonds is 7. The van der Waals surface area contributed by atoms with Gasteiger partial charge in [-0.2, -0.15) is 0 Å². The summed E-state index contributed by atoms with van der Waals surface area (Å²) in [5.41, 5.74) is 4.12. The lowest BCUT2D eigenvalue weighted by molar-refractivity contribution is -0.115. The van der Waals surface area contributed by atoms with Crippen molar-refractivity contribution in [3.8, 4) is 0 Å². The number of carbonyl (C=O) groups excluding carboxylic acids is 1. The highest BCUT2D eigenvalue weighted by molar-refractivity contribution is 7.14. The van der Waals surface area contributed by atoms with E-state index in [0.29, 0.717) is 11.7 Å². The molecule has 0 bridgehead atoms. The van der Waals surface area contributed by atoms with Gasteiger partial charge in [0.15, 0.2) is 5.13 Å². The Kier molecular flexibility index (Phi) is 6.83. The van der Waals surface area contributed by atoms with Crippen LogP contribution >= 0.6 is 22.9 Å². The Balaban J connectivity index is 1.74. The zero-order valence-corrected chi connectivity index (χ0v) is 17.8. The molecule has 1 heterocycles. The molecule has 6 heteroatoms. The van der Waals surface area contributed by atoms with Gasteiger partial charge in [-0.05, 0) is 42.7 Å². The van der Waals surface area contributed by atoms with E-state index in [1.165, 1.54) is 16.9 Å². The van der Waals surface area contributed by atoms with Crippen molar-refractivity contribution < 1.29 is 4.79 Å². The summed E-state index contributed by atoms with van der Waals surface area (Å²) in [5.74, 6) is -0.0377. The fourth-order valence-corrected chi connectivity index (χ4v) is 4.05. The van der Waals surface area contributed by atoms with Crippen LogP contribution in [0.5, 0.6) is 0 Å². The maximum atomic E-state index is 12.4. The van der Waals surface area contributed by atoms with Crippen LogP contribution in [0.4, 0.5) is 10.8 Å². The Morgan fingerprint density at radius 1 is 1.21 bits per heavy atom. The first-order valence-corrected chi connectivity index (χ1v) is 10.6. The number of amides is 1. The Morgan fingerprint density at radius 2 is 1.93 bits per heavy atom.